The molecule has 24 heavy (non-hydrogen) atoms. The Morgan fingerprint density at radius 3 is 2.58 bits per heavy atom. The molecule has 1 aromatic heterocycles. The van der Waals surface area contributed by atoms with Crippen molar-refractivity contribution >= 4 is 39.2 Å². The van der Waals surface area contributed by atoms with Crippen LogP contribution in [0, 0.1) is 10.1 Å². The minimum Gasteiger partial charge on any atom is -0.319 e. The number of nitrogens with zero attached hydrogens (tertiary/aromatic N) is 3. The normalized spacial score (nSPS) is 12.1. The van der Waals surface area contributed by atoms with E-state index in [2.05, 4.69) is 4.99 Å². The van der Waals surface area contributed by atoms with Gasteiger partial charge in [0, 0.05) is 25.3 Å². The van der Waals surface area contributed by atoms with Gasteiger partial charge in [-0.05, 0) is 35.9 Å². The van der Waals surface area contributed by atoms with Crippen molar-refractivity contribution in [2.45, 2.75) is 0 Å². The Morgan fingerprint density at radius 2 is 1.92 bits per heavy atom. The van der Waals surface area contributed by atoms with Gasteiger partial charge in [0.15, 0.2) is 4.80 Å². The third-order valence-corrected chi connectivity index (χ3v) is 4.56. The van der Waals surface area contributed by atoms with E-state index in [0.29, 0.717) is 10.4 Å². The van der Waals surface area contributed by atoms with Crippen LogP contribution in [0.25, 0.3) is 16.3 Å². The van der Waals surface area contributed by atoms with Crippen molar-refractivity contribution in [2.24, 2.45) is 12.0 Å². The fraction of sp³-hybridized carbons (Fsp3) is 0.0588. The van der Waals surface area contributed by atoms with Crippen LogP contribution in [0.3, 0.4) is 0 Å². The Kier molecular flexibility index (Phi) is 4.35. The summed E-state index contributed by atoms with van der Waals surface area (Å²) < 4.78 is 2.93. The smallest absolute Gasteiger partial charge is 0.272 e. The molecule has 0 bridgehead atoms. The van der Waals surface area contributed by atoms with Crippen LogP contribution >= 0.6 is 11.3 Å². The molecule has 0 saturated heterocycles. The van der Waals surface area contributed by atoms with Crippen LogP contribution in [0.15, 0.2) is 59.6 Å². The van der Waals surface area contributed by atoms with Crippen LogP contribution in [0.1, 0.15) is 5.56 Å². The first-order valence-electron chi connectivity index (χ1n) is 7.10. The summed E-state index contributed by atoms with van der Waals surface area (Å²) in [4.78, 5) is 26.9. The van der Waals surface area contributed by atoms with Gasteiger partial charge in [0.25, 0.3) is 11.6 Å². The van der Waals surface area contributed by atoms with E-state index >= 15 is 0 Å². The molecule has 0 fully saturated rings. The summed E-state index contributed by atoms with van der Waals surface area (Å²) in [6.45, 7) is 0. The van der Waals surface area contributed by atoms with Crippen molar-refractivity contribution < 1.29 is 9.72 Å². The zero-order valence-corrected chi connectivity index (χ0v) is 13.6. The zero-order chi connectivity index (χ0) is 17.1. The summed E-state index contributed by atoms with van der Waals surface area (Å²) in [5, 5.41) is 10.6. The molecule has 0 unspecified atom stereocenters. The molecule has 3 rings (SSSR count). The van der Waals surface area contributed by atoms with Crippen molar-refractivity contribution in [1.29, 1.82) is 0 Å². The molecular weight excluding hydrogens is 326 g/mol. The number of nitro benzene ring substituents is 1. The Balaban J connectivity index is 1.83. The highest BCUT2D eigenvalue weighted by molar-refractivity contribution is 7.16. The van der Waals surface area contributed by atoms with Gasteiger partial charge in [-0.3, -0.25) is 14.9 Å². The van der Waals surface area contributed by atoms with E-state index in [4.69, 9.17) is 0 Å². The lowest BCUT2D eigenvalue weighted by atomic mass is 10.2. The number of hydrogen-bond donors (Lipinski definition) is 0. The van der Waals surface area contributed by atoms with E-state index in [1.807, 2.05) is 35.9 Å². The van der Waals surface area contributed by atoms with Crippen LogP contribution in [-0.2, 0) is 11.8 Å². The van der Waals surface area contributed by atoms with E-state index in [0.717, 1.165) is 10.2 Å². The lowest BCUT2D eigenvalue weighted by Crippen LogP contribution is -2.12. The summed E-state index contributed by atoms with van der Waals surface area (Å²) in [6.07, 6.45) is 2.94. The van der Waals surface area contributed by atoms with Gasteiger partial charge < -0.3 is 4.57 Å². The van der Waals surface area contributed by atoms with Crippen LogP contribution in [0.2, 0.25) is 0 Å². The number of nitro groups is 1. The Hall–Kier alpha value is -3.06. The van der Waals surface area contributed by atoms with Gasteiger partial charge in [-0.15, -0.1) is 0 Å². The molecule has 1 amide bonds. The molecule has 0 aliphatic rings. The first-order valence-corrected chi connectivity index (χ1v) is 7.92. The summed E-state index contributed by atoms with van der Waals surface area (Å²) in [7, 11) is 1.87. The van der Waals surface area contributed by atoms with E-state index < -0.39 is 4.92 Å². The second-order valence-corrected chi connectivity index (χ2v) is 6.05. The van der Waals surface area contributed by atoms with Crippen molar-refractivity contribution in [2.75, 3.05) is 0 Å². The highest BCUT2D eigenvalue weighted by Crippen LogP contribution is 2.15. The number of non-ortho nitro benzene ring substituents is 1. The van der Waals surface area contributed by atoms with Crippen molar-refractivity contribution in [1.82, 2.24) is 4.57 Å². The van der Waals surface area contributed by atoms with Gasteiger partial charge in [0.1, 0.15) is 0 Å². The van der Waals surface area contributed by atoms with Crippen LogP contribution in [0.5, 0.6) is 0 Å². The lowest BCUT2D eigenvalue weighted by molar-refractivity contribution is -0.384. The van der Waals surface area contributed by atoms with E-state index in [1.54, 1.807) is 18.2 Å². The number of thiazole rings is 1. The SMILES string of the molecule is Cn1c(=NC(=O)/C=C/c2ccc([N+](=O)[O-])cc2)sc2ccccc21. The molecule has 0 spiro atoms. The molecular formula is C17H13N3O3S. The monoisotopic (exact) mass is 339 g/mol. The van der Waals surface area contributed by atoms with E-state index in [9.17, 15) is 14.9 Å². The van der Waals surface area contributed by atoms with Gasteiger partial charge >= 0.3 is 0 Å². The minimum atomic E-state index is -0.463. The van der Waals surface area contributed by atoms with Gasteiger partial charge in [-0.1, -0.05) is 23.5 Å². The van der Waals surface area contributed by atoms with Crippen molar-refractivity contribution in [3.05, 3.63) is 75.1 Å². The summed E-state index contributed by atoms with van der Waals surface area (Å²) in [5.74, 6) is -0.379. The molecule has 1 heterocycles. The summed E-state index contributed by atoms with van der Waals surface area (Å²) in [6, 6.07) is 13.8. The molecule has 0 atom stereocenters. The number of rotatable bonds is 3. The molecule has 2 aromatic carbocycles. The average Bonchev–Trinajstić information content (AvgIpc) is 2.89. The zero-order valence-electron chi connectivity index (χ0n) is 12.7. The molecule has 7 heteroatoms. The Bertz CT molecular complexity index is 1010. The first kappa shape index (κ1) is 15.8. The number of amides is 1. The number of aryl methyl sites for hydroxylation is 1. The maximum Gasteiger partial charge on any atom is 0.272 e. The van der Waals surface area contributed by atoms with Crippen molar-refractivity contribution in [3.8, 4) is 0 Å². The second kappa shape index (κ2) is 6.59. The predicted molar refractivity (Wildman–Crippen MR) is 93.5 cm³/mol. The molecule has 0 saturated carbocycles. The highest BCUT2D eigenvalue weighted by Gasteiger charge is 2.04. The number of benzene rings is 2. The van der Waals surface area contributed by atoms with Gasteiger partial charge in [-0.2, -0.15) is 4.99 Å². The highest BCUT2D eigenvalue weighted by atomic mass is 32.1. The maximum atomic E-state index is 12.0. The molecule has 0 aliphatic heterocycles. The third-order valence-electron chi connectivity index (χ3n) is 3.44. The topological polar surface area (TPSA) is 77.5 Å². The number of hydrogen-bond acceptors (Lipinski definition) is 4. The van der Waals surface area contributed by atoms with Gasteiger partial charge in [0.2, 0.25) is 0 Å². The molecule has 120 valence electrons. The summed E-state index contributed by atoms with van der Waals surface area (Å²) >= 11 is 1.45. The Morgan fingerprint density at radius 1 is 1.21 bits per heavy atom. The fourth-order valence-electron chi connectivity index (χ4n) is 2.19. The lowest BCUT2D eigenvalue weighted by Gasteiger charge is -1.94. The van der Waals surface area contributed by atoms with Gasteiger partial charge in [0.05, 0.1) is 15.1 Å². The van der Waals surface area contributed by atoms with E-state index in [1.165, 1.54) is 29.5 Å². The average molecular weight is 339 g/mol. The van der Waals surface area contributed by atoms with Crippen LogP contribution < -0.4 is 4.80 Å². The maximum absolute atomic E-state index is 12.0. The number of fused-ring (bicyclic) bond motifs is 1. The van der Waals surface area contributed by atoms with Crippen molar-refractivity contribution in [3.63, 3.8) is 0 Å². The molecule has 6 nitrogen and oxygen atoms in total. The molecule has 3 aromatic rings. The standard InChI is InChI=1S/C17H13N3O3S/c1-19-14-4-2-3-5-15(14)24-17(19)18-16(21)11-8-12-6-9-13(10-7-12)20(22)23/h2-11H,1H3/b11-8+,18-17?. The largest absolute Gasteiger partial charge is 0.319 e. The summed E-state index contributed by atoms with van der Waals surface area (Å²) in [5.41, 5.74) is 1.73. The Labute approximate surface area is 141 Å². The number of carbonyl (C=O) groups excluding carboxylic acids is 1. The van der Waals surface area contributed by atoms with E-state index in [-0.39, 0.29) is 11.6 Å². The quantitative estimate of drug-likeness (QED) is 0.417. The number of aromatic nitrogens is 1. The molecule has 0 N–H and O–H groups in total. The molecule has 0 radical (unpaired) electrons. The molecule has 0 aliphatic carbocycles. The predicted octanol–water partition coefficient (Wildman–Crippen LogP) is 3.29. The number of carbonyl (C=O) groups is 1. The fourth-order valence-corrected chi connectivity index (χ4v) is 3.22. The van der Waals surface area contributed by atoms with Crippen LogP contribution in [-0.4, -0.2) is 15.4 Å². The van der Waals surface area contributed by atoms with Crippen LogP contribution in [0.4, 0.5) is 5.69 Å². The second-order valence-electron chi connectivity index (χ2n) is 5.04. The number of para-hydroxylation sites is 1. The first-order chi connectivity index (χ1) is 11.5. The third kappa shape index (κ3) is 3.31. The van der Waals surface area contributed by atoms with Gasteiger partial charge in [-0.25, -0.2) is 0 Å². The minimum absolute atomic E-state index is 0.0143.